The molecule has 0 aromatic heterocycles. The van der Waals surface area contributed by atoms with E-state index in [0.29, 0.717) is 12.2 Å². The van der Waals surface area contributed by atoms with Crippen molar-refractivity contribution in [2.75, 3.05) is 18.5 Å². The van der Waals surface area contributed by atoms with Crippen molar-refractivity contribution in [2.45, 2.75) is 32.4 Å². The average molecular weight is 240 g/mol. The SMILES string of the molecule is C[C@H](N)c1ccc(N(C)CC(C)(C)O)c(F)c1. The maximum absolute atomic E-state index is 13.9. The van der Waals surface area contributed by atoms with Crippen LogP contribution in [-0.2, 0) is 0 Å². The van der Waals surface area contributed by atoms with Crippen molar-refractivity contribution in [3.63, 3.8) is 0 Å². The Balaban J connectivity index is 2.92. The molecule has 96 valence electrons. The lowest BCUT2D eigenvalue weighted by Gasteiger charge is -2.27. The molecule has 4 heteroatoms. The Morgan fingerprint density at radius 2 is 2.06 bits per heavy atom. The molecule has 1 rings (SSSR count). The molecule has 0 aliphatic carbocycles. The standard InChI is InChI=1S/C13H21FN2O/c1-9(15)10-5-6-12(11(14)7-10)16(4)8-13(2,3)17/h5-7,9,17H,8,15H2,1-4H3/t9-/m0/s1. The van der Waals surface area contributed by atoms with Crippen molar-refractivity contribution in [1.82, 2.24) is 0 Å². The number of nitrogens with zero attached hydrogens (tertiary/aromatic N) is 1. The van der Waals surface area contributed by atoms with Crippen LogP contribution in [0.2, 0.25) is 0 Å². The van der Waals surface area contributed by atoms with Crippen LogP contribution in [0.25, 0.3) is 0 Å². The van der Waals surface area contributed by atoms with Gasteiger partial charge in [0.25, 0.3) is 0 Å². The van der Waals surface area contributed by atoms with E-state index in [4.69, 9.17) is 5.73 Å². The van der Waals surface area contributed by atoms with Crippen LogP contribution in [0, 0.1) is 5.82 Å². The first-order valence-corrected chi connectivity index (χ1v) is 5.69. The molecule has 0 bridgehead atoms. The molecule has 3 N–H and O–H groups in total. The minimum absolute atomic E-state index is 0.182. The highest BCUT2D eigenvalue weighted by atomic mass is 19.1. The quantitative estimate of drug-likeness (QED) is 0.847. The molecule has 1 atom stereocenters. The van der Waals surface area contributed by atoms with Gasteiger partial charge in [0.05, 0.1) is 11.3 Å². The molecule has 1 aromatic carbocycles. The largest absolute Gasteiger partial charge is 0.389 e. The van der Waals surface area contributed by atoms with Gasteiger partial charge in [-0.15, -0.1) is 0 Å². The van der Waals surface area contributed by atoms with E-state index in [2.05, 4.69) is 0 Å². The minimum Gasteiger partial charge on any atom is -0.389 e. The van der Waals surface area contributed by atoms with Gasteiger partial charge in [0.1, 0.15) is 5.82 Å². The molecule has 0 fully saturated rings. The molecule has 0 aliphatic heterocycles. The van der Waals surface area contributed by atoms with Gasteiger partial charge in [0, 0.05) is 19.6 Å². The van der Waals surface area contributed by atoms with Crippen LogP contribution in [0.4, 0.5) is 10.1 Å². The maximum atomic E-state index is 13.9. The number of hydrogen-bond acceptors (Lipinski definition) is 3. The van der Waals surface area contributed by atoms with E-state index in [9.17, 15) is 9.50 Å². The highest BCUT2D eigenvalue weighted by Gasteiger charge is 2.18. The number of halogens is 1. The number of rotatable bonds is 4. The van der Waals surface area contributed by atoms with Crippen LogP contribution in [0.1, 0.15) is 32.4 Å². The fourth-order valence-corrected chi connectivity index (χ4v) is 1.78. The Hall–Kier alpha value is -1.13. The van der Waals surface area contributed by atoms with Crippen LogP contribution < -0.4 is 10.6 Å². The molecule has 0 heterocycles. The molecular weight excluding hydrogens is 219 g/mol. The Kier molecular flexibility index (Phi) is 4.11. The second kappa shape index (κ2) is 5.02. The van der Waals surface area contributed by atoms with Crippen molar-refractivity contribution in [1.29, 1.82) is 0 Å². The molecular formula is C13H21FN2O. The summed E-state index contributed by atoms with van der Waals surface area (Å²) in [6.07, 6.45) is 0. The molecule has 0 amide bonds. The first kappa shape index (κ1) is 13.9. The number of hydrogen-bond donors (Lipinski definition) is 2. The second-order valence-corrected chi connectivity index (χ2v) is 5.17. The normalized spacial score (nSPS) is 13.6. The van der Waals surface area contributed by atoms with E-state index in [0.717, 1.165) is 5.56 Å². The molecule has 17 heavy (non-hydrogen) atoms. The molecule has 0 saturated heterocycles. The predicted octanol–water partition coefficient (Wildman–Crippen LogP) is 2.05. The fraction of sp³-hybridized carbons (Fsp3) is 0.538. The van der Waals surface area contributed by atoms with Gasteiger partial charge in [-0.3, -0.25) is 0 Å². The van der Waals surface area contributed by atoms with E-state index in [1.807, 2.05) is 13.0 Å². The van der Waals surface area contributed by atoms with E-state index in [1.54, 1.807) is 31.9 Å². The highest BCUT2D eigenvalue weighted by Crippen LogP contribution is 2.23. The molecule has 0 unspecified atom stereocenters. The Morgan fingerprint density at radius 3 is 2.47 bits per heavy atom. The van der Waals surface area contributed by atoms with Crippen molar-refractivity contribution in [3.8, 4) is 0 Å². The summed E-state index contributed by atoms with van der Waals surface area (Å²) in [5.74, 6) is -0.313. The summed E-state index contributed by atoms with van der Waals surface area (Å²) in [5, 5.41) is 9.70. The summed E-state index contributed by atoms with van der Waals surface area (Å²) in [4.78, 5) is 1.69. The van der Waals surface area contributed by atoms with Gasteiger partial charge in [-0.2, -0.15) is 0 Å². The van der Waals surface area contributed by atoms with Gasteiger partial charge in [-0.1, -0.05) is 6.07 Å². The van der Waals surface area contributed by atoms with Crippen molar-refractivity contribution in [3.05, 3.63) is 29.6 Å². The summed E-state index contributed by atoms with van der Waals surface area (Å²) < 4.78 is 13.9. The molecule has 1 aromatic rings. The predicted molar refractivity (Wildman–Crippen MR) is 68.6 cm³/mol. The maximum Gasteiger partial charge on any atom is 0.146 e. The third kappa shape index (κ3) is 3.98. The Labute approximate surface area is 102 Å². The summed E-state index contributed by atoms with van der Waals surface area (Å²) in [6, 6.07) is 4.77. The lowest BCUT2D eigenvalue weighted by Crippen LogP contribution is -2.36. The smallest absolute Gasteiger partial charge is 0.146 e. The van der Waals surface area contributed by atoms with E-state index in [-0.39, 0.29) is 11.9 Å². The first-order valence-electron chi connectivity index (χ1n) is 5.69. The number of benzene rings is 1. The zero-order chi connectivity index (χ0) is 13.2. The first-order chi connectivity index (χ1) is 7.70. The minimum atomic E-state index is -0.860. The van der Waals surface area contributed by atoms with Gasteiger partial charge in [0.2, 0.25) is 0 Å². The summed E-state index contributed by atoms with van der Waals surface area (Å²) in [5.41, 5.74) is 6.07. The summed E-state index contributed by atoms with van der Waals surface area (Å²) in [7, 11) is 1.75. The Morgan fingerprint density at radius 1 is 1.47 bits per heavy atom. The fourth-order valence-electron chi connectivity index (χ4n) is 1.78. The lowest BCUT2D eigenvalue weighted by atomic mass is 10.1. The van der Waals surface area contributed by atoms with Crippen LogP contribution in [0.15, 0.2) is 18.2 Å². The number of likely N-dealkylation sites (N-methyl/N-ethyl adjacent to an activating group) is 1. The van der Waals surface area contributed by atoms with Crippen LogP contribution in [0.5, 0.6) is 0 Å². The van der Waals surface area contributed by atoms with E-state index in [1.165, 1.54) is 6.07 Å². The second-order valence-electron chi connectivity index (χ2n) is 5.17. The third-order valence-corrected chi connectivity index (χ3v) is 2.53. The van der Waals surface area contributed by atoms with Crippen molar-refractivity contribution < 1.29 is 9.50 Å². The van der Waals surface area contributed by atoms with Gasteiger partial charge < -0.3 is 15.7 Å². The molecule has 3 nitrogen and oxygen atoms in total. The van der Waals surface area contributed by atoms with Gasteiger partial charge in [-0.05, 0) is 38.5 Å². The van der Waals surface area contributed by atoms with E-state index >= 15 is 0 Å². The Bertz CT molecular complexity index is 385. The average Bonchev–Trinajstić information content (AvgIpc) is 2.14. The third-order valence-electron chi connectivity index (χ3n) is 2.53. The monoisotopic (exact) mass is 240 g/mol. The number of aliphatic hydroxyl groups is 1. The zero-order valence-electron chi connectivity index (χ0n) is 10.9. The van der Waals surface area contributed by atoms with Gasteiger partial charge >= 0.3 is 0 Å². The van der Waals surface area contributed by atoms with E-state index < -0.39 is 5.60 Å². The van der Waals surface area contributed by atoms with Crippen LogP contribution in [-0.4, -0.2) is 24.3 Å². The molecule has 0 aliphatic rings. The zero-order valence-corrected chi connectivity index (χ0v) is 10.9. The lowest BCUT2D eigenvalue weighted by molar-refractivity contribution is 0.0885. The van der Waals surface area contributed by atoms with Crippen molar-refractivity contribution >= 4 is 5.69 Å². The van der Waals surface area contributed by atoms with Gasteiger partial charge in [0.15, 0.2) is 0 Å². The molecule has 0 radical (unpaired) electrons. The molecule has 0 saturated carbocycles. The number of nitrogens with two attached hydrogens (primary N) is 1. The highest BCUT2D eigenvalue weighted by molar-refractivity contribution is 5.49. The van der Waals surface area contributed by atoms with Gasteiger partial charge in [-0.25, -0.2) is 4.39 Å². The van der Waals surface area contributed by atoms with Crippen LogP contribution >= 0.6 is 0 Å². The van der Waals surface area contributed by atoms with Crippen LogP contribution in [0.3, 0.4) is 0 Å². The summed E-state index contributed by atoms with van der Waals surface area (Å²) >= 11 is 0. The molecule has 0 spiro atoms. The van der Waals surface area contributed by atoms with Crippen molar-refractivity contribution in [2.24, 2.45) is 5.73 Å². The topological polar surface area (TPSA) is 49.5 Å². The number of anilines is 1. The summed E-state index contributed by atoms with van der Waals surface area (Å²) in [6.45, 7) is 5.56.